The van der Waals surface area contributed by atoms with Crippen LogP contribution in [-0.4, -0.2) is 11.1 Å². The molecule has 2 saturated carbocycles. The van der Waals surface area contributed by atoms with Crippen LogP contribution < -0.4 is 14.7 Å². The zero-order chi connectivity index (χ0) is 52.6. The molecule has 0 N–H and O–H groups in total. The topological polar surface area (TPSA) is 9.72 Å². The number of hydrogen-bond donors (Lipinski definition) is 0. The molecule has 2 aliphatic carbocycles. The van der Waals surface area contributed by atoms with Crippen LogP contribution >= 0.6 is 0 Å². The summed E-state index contributed by atoms with van der Waals surface area (Å²) in [5.74, 6) is 0.0541. The Labute approximate surface area is 450 Å². The molecule has 0 saturated heterocycles. The molecule has 13 rings (SSSR count). The van der Waals surface area contributed by atoms with Gasteiger partial charge in [-0.05, 0) is 167 Å². The molecule has 0 spiro atoms. The Morgan fingerprint density at radius 2 is 1.03 bits per heavy atom. The van der Waals surface area contributed by atoms with Crippen LogP contribution in [0.2, 0.25) is 0 Å². The van der Waals surface area contributed by atoms with Gasteiger partial charge in [-0.25, -0.2) is 0 Å². The Morgan fingerprint density at radius 3 is 1.69 bits per heavy atom. The monoisotopic (exact) mass is 988 g/mol. The van der Waals surface area contributed by atoms with Gasteiger partial charge in [0, 0.05) is 39.2 Å². The lowest BCUT2D eigenvalue weighted by molar-refractivity contribution is 0.194. The van der Waals surface area contributed by atoms with Gasteiger partial charge in [0.2, 0.25) is 0 Å². The predicted molar refractivity (Wildman–Crippen MR) is 319 cm³/mol. The van der Waals surface area contributed by atoms with Gasteiger partial charge in [0.25, 0.3) is 0 Å². The van der Waals surface area contributed by atoms with Crippen molar-refractivity contribution in [3.63, 3.8) is 0 Å². The highest BCUT2D eigenvalue weighted by Crippen LogP contribution is 2.72. The Kier molecular flexibility index (Phi) is 10.4. The minimum atomic E-state index is -0.243. The zero-order valence-electron chi connectivity index (χ0n) is 47.8. The number of nitrogens with zero attached hydrogens (tertiary/aromatic N) is 3. The van der Waals surface area contributed by atoms with Crippen molar-refractivity contribution in [3.05, 3.63) is 195 Å². The van der Waals surface area contributed by atoms with E-state index >= 15 is 0 Å². The number of anilines is 7. The van der Waals surface area contributed by atoms with Crippen molar-refractivity contribution in [2.75, 3.05) is 14.7 Å². The SMILES string of the molecule is Cc1cc(C)c2c3c1C1c4cc(C(C)(C)C)ccc4N(c4ccc(C(C)(C)C)cc4-c4ccccc4)c4cc(N5c6ccc(C(C)(C)C)cc6C6(c7ccccc7)CCCCC56C)cc(c41)N3C1(C)CCCCC21C. The fourth-order valence-electron chi connectivity index (χ4n) is 16.5. The fourth-order valence-corrected chi connectivity index (χ4v) is 16.5. The summed E-state index contributed by atoms with van der Waals surface area (Å²) >= 11 is 0. The van der Waals surface area contributed by atoms with Gasteiger partial charge in [0.1, 0.15) is 0 Å². The Hall–Kier alpha value is -6.06. The van der Waals surface area contributed by atoms with Crippen LogP contribution in [0.4, 0.5) is 39.8 Å². The van der Waals surface area contributed by atoms with E-state index in [1.165, 1.54) is 139 Å². The molecule has 75 heavy (non-hydrogen) atoms. The van der Waals surface area contributed by atoms with Crippen molar-refractivity contribution in [3.8, 4) is 11.1 Å². The van der Waals surface area contributed by atoms with Gasteiger partial charge in [-0.15, -0.1) is 0 Å². The summed E-state index contributed by atoms with van der Waals surface area (Å²) in [5, 5.41) is 0. The first kappa shape index (κ1) is 48.6. The van der Waals surface area contributed by atoms with Crippen molar-refractivity contribution >= 4 is 39.8 Å². The van der Waals surface area contributed by atoms with E-state index < -0.39 is 0 Å². The van der Waals surface area contributed by atoms with Crippen LogP contribution in [0.3, 0.4) is 0 Å². The summed E-state index contributed by atoms with van der Waals surface area (Å²) in [6.45, 7) is 34.3. The van der Waals surface area contributed by atoms with Gasteiger partial charge in [-0.2, -0.15) is 0 Å². The maximum atomic E-state index is 2.99. The highest BCUT2D eigenvalue weighted by atomic mass is 15.3. The summed E-state index contributed by atoms with van der Waals surface area (Å²) in [7, 11) is 0. The van der Waals surface area contributed by atoms with Gasteiger partial charge in [-0.1, -0.05) is 192 Å². The molecule has 3 heteroatoms. The van der Waals surface area contributed by atoms with Crippen molar-refractivity contribution in [2.24, 2.45) is 0 Å². The largest absolute Gasteiger partial charge is 0.334 e. The maximum absolute atomic E-state index is 2.99. The molecule has 5 unspecified atom stereocenters. The van der Waals surface area contributed by atoms with E-state index in [1.54, 1.807) is 5.56 Å². The van der Waals surface area contributed by atoms with Crippen molar-refractivity contribution < 1.29 is 0 Å². The van der Waals surface area contributed by atoms with Gasteiger partial charge >= 0.3 is 0 Å². The van der Waals surface area contributed by atoms with E-state index in [0.717, 1.165) is 19.3 Å². The van der Waals surface area contributed by atoms with Crippen LogP contribution in [-0.2, 0) is 27.1 Å². The summed E-state index contributed by atoms with van der Waals surface area (Å²) in [4.78, 5) is 8.64. The molecule has 0 amide bonds. The number of rotatable bonds is 4. The molecule has 7 aromatic rings. The molecule has 7 aromatic carbocycles. The van der Waals surface area contributed by atoms with Crippen LogP contribution in [0.5, 0.6) is 0 Å². The average molecular weight is 988 g/mol. The second kappa shape index (κ2) is 16.0. The first-order valence-electron chi connectivity index (χ1n) is 28.8. The molecule has 4 heterocycles. The molecule has 4 aliphatic heterocycles. The Bertz CT molecular complexity index is 3490. The van der Waals surface area contributed by atoms with Crippen molar-refractivity contribution in [1.29, 1.82) is 0 Å². The highest BCUT2D eigenvalue weighted by Gasteiger charge is 2.64. The minimum Gasteiger partial charge on any atom is -0.334 e. The molecule has 5 atom stereocenters. The fraction of sp³-hybridized carbons (Fsp3) is 0.417. The first-order chi connectivity index (χ1) is 35.5. The third-order valence-electron chi connectivity index (χ3n) is 20.6. The van der Waals surface area contributed by atoms with Gasteiger partial charge in [0.05, 0.1) is 39.5 Å². The predicted octanol–water partition coefficient (Wildman–Crippen LogP) is 19.7. The zero-order valence-corrected chi connectivity index (χ0v) is 47.8. The average Bonchev–Trinajstić information content (AvgIpc) is 3.91. The third-order valence-corrected chi connectivity index (χ3v) is 20.6. The lowest BCUT2D eigenvalue weighted by Gasteiger charge is -2.54. The third kappa shape index (κ3) is 6.51. The quantitative estimate of drug-likeness (QED) is 0.174. The lowest BCUT2D eigenvalue weighted by Crippen LogP contribution is -2.57. The molecule has 2 fully saturated rings. The molecule has 3 nitrogen and oxygen atoms in total. The van der Waals surface area contributed by atoms with Crippen molar-refractivity contribution in [1.82, 2.24) is 0 Å². The number of aryl methyl sites for hydroxylation is 2. The normalized spacial score (nSPS) is 25.3. The molecule has 0 aromatic heterocycles. The van der Waals surface area contributed by atoms with E-state index in [-0.39, 0.29) is 44.1 Å². The molecular formula is C72H81N3. The standard InChI is InChI=1S/C72H81N3/c1-45-39-46(2)64-65-61(45)62-54-41-50(67(6,7)8)30-33-57(54)73(56-32-29-49(66(3,4)5)40-53(56)47-25-17-15-18-26-47)59-43-52(44-60(63(59)62)75(65)70(13)36-22-21-35-69(64,70)12)74-58-34-31-51(68(9,10)11)42-55(58)72(48-27-19-16-20-28-48)38-24-23-37-71(72,74)14/h15-20,25-34,39-44,62H,21-24,35-38H2,1-14H3. The van der Waals surface area contributed by atoms with Crippen LogP contribution in [0.1, 0.15) is 202 Å². The molecule has 0 bridgehead atoms. The molecule has 0 radical (unpaired) electrons. The van der Waals surface area contributed by atoms with E-state index in [0.29, 0.717) is 0 Å². The maximum Gasteiger partial charge on any atom is 0.0561 e. The van der Waals surface area contributed by atoms with Crippen LogP contribution in [0.25, 0.3) is 11.1 Å². The van der Waals surface area contributed by atoms with E-state index in [2.05, 4.69) is 245 Å². The molecule has 6 aliphatic rings. The first-order valence-corrected chi connectivity index (χ1v) is 28.8. The van der Waals surface area contributed by atoms with E-state index in [4.69, 9.17) is 0 Å². The number of fused-ring (bicyclic) bond motifs is 10. The van der Waals surface area contributed by atoms with E-state index in [9.17, 15) is 0 Å². The summed E-state index contributed by atoms with van der Waals surface area (Å²) in [5.41, 5.74) is 27.3. The Balaban J connectivity index is 1.19. The van der Waals surface area contributed by atoms with E-state index in [1.807, 2.05) is 0 Å². The number of benzene rings is 7. The second-order valence-electron chi connectivity index (χ2n) is 27.9. The van der Waals surface area contributed by atoms with Gasteiger partial charge in [0.15, 0.2) is 0 Å². The summed E-state index contributed by atoms with van der Waals surface area (Å²) in [6, 6.07) is 53.6. The summed E-state index contributed by atoms with van der Waals surface area (Å²) < 4.78 is 0. The number of hydrogen-bond acceptors (Lipinski definition) is 3. The van der Waals surface area contributed by atoms with Gasteiger partial charge < -0.3 is 14.7 Å². The molecule has 384 valence electrons. The molecular weight excluding hydrogens is 907 g/mol. The minimum absolute atomic E-state index is 0.00928. The van der Waals surface area contributed by atoms with Gasteiger partial charge in [-0.3, -0.25) is 0 Å². The highest BCUT2D eigenvalue weighted by molar-refractivity contribution is 6.02. The lowest BCUT2D eigenvalue weighted by atomic mass is 9.57. The van der Waals surface area contributed by atoms with Crippen LogP contribution in [0.15, 0.2) is 133 Å². The second-order valence-corrected chi connectivity index (χ2v) is 27.9. The summed E-state index contributed by atoms with van der Waals surface area (Å²) in [6.07, 6.45) is 9.52. The smallest absolute Gasteiger partial charge is 0.0561 e. The Morgan fingerprint density at radius 1 is 0.467 bits per heavy atom. The van der Waals surface area contributed by atoms with Crippen LogP contribution in [0, 0.1) is 13.8 Å². The van der Waals surface area contributed by atoms with Crippen molar-refractivity contribution in [2.45, 2.75) is 192 Å².